The first-order chi connectivity index (χ1) is 8.06. The largest absolute Gasteiger partial charge is 0.463 e. The third kappa shape index (κ3) is 3.48. The monoisotopic (exact) mass is 237 g/mol. The summed E-state index contributed by atoms with van der Waals surface area (Å²) in [6.07, 6.45) is 2.50. The van der Waals surface area contributed by atoms with Crippen LogP contribution in [-0.4, -0.2) is 23.5 Å². The lowest BCUT2D eigenvalue weighted by atomic mass is 10.1. The number of rotatable bonds is 5. The van der Waals surface area contributed by atoms with Crippen molar-refractivity contribution >= 4 is 11.9 Å². The van der Waals surface area contributed by atoms with Gasteiger partial charge in [0, 0.05) is 24.9 Å². The van der Waals surface area contributed by atoms with Crippen molar-refractivity contribution in [3.8, 4) is 0 Å². The molecule has 0 spiro atoms. The molecule has 1 aromatic rings. The highest BCUT2D eigenvalue weighted by atomic mass is 16.6. The van der Waals surface area contributed by atoms with Crippen molar-refractivity contribution < 1.29 is 19.1 Å². The molecule has 1 aromatic heterocycles. The molecule has 0 saturated heterocycles. The van der Waals surface area contributed by atoms with E-state index in [4.69, 9.17) is 9.47 Å². The third-order valence-corrected chi connectivity index (χ3v) is 2.06. The molecule has 0 fully saturated rings. The predicted molar refractivity (Wildman–Crippen MR) is 61.1 cm³/mol. The first-order valence-corrected chi connectivity index (χ1v) is 5.22. The van der Waals surface area contributed by atoms with Crippen LogP contribution < -0.4 is 0 Å². The SMILES string of the molecule is C=C(C(=O)OCC)C(OC(C)=O)c1cc[nH]c1. The summed E-state index contributed by atoms with van der Waals surface area (Å²) in [6, 6.07) is 1.71. The molecule has 1 unspecified atom stereocenters. The van der Waals surface area contributed by atoms with Gasteiger partial charge in [-0.2, -0.15) is 0 Å². The number of hydrogen-bond donors (Lipinski definition) is 1. The minimum absolute atomic E-state index is 0.0987. The number of carbonyl (C=O) groups is 2. The van der Waals surface area contributed by atoms with Crippen LogP contribution in [0.3, 0.4) is 0 Å². The molecule has 17 heavy (non-hydrogen) atoms. The second kappa shape index (κ2) is 5.89. The molecule has 0 saturated carbocycles. The smallest absolute Gasteiger partial charge is 0.337 e. The summed E-state index contributed by atoms with van der Waals surface area (Å²) in [4.78, 5) is 25.4. The zero-order valence-corrected chi connectivity index (χ0v) is 9.86. The summed E-state index contributed by atoms with van der Waals surface area (Å²) in [5.41, 5.74) is 0.750. The minimum atomic E-state index is -0.808. The maximum absolute atomic E-state index is 11.5. The Kier molecular flexibility index (Phi) is 4.51. The standard InChI is InChI=1S/C12H15NO4/c1-4-16-12(15)8(2)11(17-9(3)14)10-5-6-13-7-10/h5-7,11,13H,2,4H2,1,3H3. The van der Waals surface area contributed by atoms with Gasteiger partial charge in [-0.25, -0.2) is 4.79 Å². The van der Waals surface area contributed by atoms with Crippen LogP contribution in [0.5, 0.6) is 0 Å². The lowest BCUT2D eigenvalue weighted by Crippen LogP contribution is -2.18. The highest BCUT2D eigenvalue weighted by Crippen LogP contribution is 2.25. The van der Waals surface area contributed by atoms with Gasteiger partial charge in [0.05, 0.1) is 12.2 Å². The van der Waals surface area contributed by atoms with E-state index in [0.717, 1.165) is 0 Å². The molecule has 0 aromatic carbocycles. The second-order valence-electron chi connectivity index (χ2n) is 3.38. The van der Waals surface area contributed by atoms with Crippen LogP contribution in [0.1, 0.15) is 25.5 Å². The number of H-pyrrole nitrogens is 1. The van der Waals surface area contributed by atoms with Gasteiger partial charge in [-0.3, -0.25) is 4.79 Å². The van der Waals surface area contributed by atoms with Gasteiger partial charge >= 0.3 is 11.9 Å². The van der Waals surface area contributed by atoms with Crippen LogP contribution in [0.4, 0.5) is 0 Å². The molecular formula is C12H15NO4. The lowest BCUT2D eigenvalue weighted by molar-refractivity contribution is -0.147. The molecular weight excluding hydrogens is 222 g/mol. The van der Waals surface area contributed by atoms with Crippen molar-refractivity contribution in [2.24, 2.45) is 0 Å². The van der Waals surface area contributed by atoms with Gasteiger partial charge in [-0.05, 0) is 13.0 Å². The minimum Gasteiger partial charge on any atom is -0.463 e. The molecule has 5 heteroatoms. The maximum atomic E-state index is 11.5. The van der Waals surface area contributed by atoms with Crippen molar-refractivity contribution in [2.75, 3.05) is 6.61 Å². The lowest BCUT2D eigenvalue weighted by Gasteiger charge is -2.17. The van der Waals surface area contributed by atoms with Crippen molar-refractivity contribution in [3.05, 3.63) is 36.2 Å². The zero-order chi connectivity index (χ0) is 12.8. The van der Waals surface area contributed by atoms with Gasteiger partial charge < -0.3 is 14.5 Å². The summed E-state index contributed by atoms with van der Waals surface area (Å²) in [7, 11) is 0. The Morgan fingerprint density at radius 1 is 1.53 bits per heavy atom. The van der Waals surface area contributed by atoms with Crippen molar-refractivity contribution in [1.29, 1.82) is 0 Å². The molecule has 1 atom stereocenters. The Bertz CT molecular complexity index is 408. The Morgan fingerprint density at radius 2 is 2.24 bits per heavy atom. The van der Waals surface area contributed by atoms with E-state index in [-0.39, 0.29) is 12.2 Å². The molecule has 0 amide bonds. The van der Waals surface area contributed by atoms with Gasteiger partial charge in [-0.15, -0.1) is 0 Å². The number of aromatic amines is 1. The Labute approximate surface area is 99.4 Å². The van der Waals surface area contributed by atoms with Crippen molar-refractivity contribution in [2.45, 2.75) is 20.0 Å². The van der Waals surface area contributed by atoms with E-state index in [2.05, 4.69) is 11.6 Å². The molecule has 0 aliphatic rings. The number of aromatic nitrogens is 1. The summed E-state index contributed by atoms with van der Waals surface area (Å²) in [5, 5.41) is 0. The van der Waals surface area contributed by atoms with Gasteiger partial charge in [0.25, 0.3) is 0 Å². The Hall–Kier alpha value is -2.04. The van der Waals surface area contributed by atoms with Crippen LogP contribution in [-0.2, 0) is 19.1 Å². The molecule has 1 heterocycles. The van der Waals surface area contributed by atoms with E-state index in [1.54, 1.807) is 25.4 Å². The first-order valence-electron chi connectivity index (χ1n) is 5.22. The van der Waals surface area contributed by atoms with Crippen LogP contribution in [0, 0.1) is 0 Å². The van der Waals surface area contributed by atoms with Gasteiger partial charge in [0.1, 0.15) is 0 Å². The molecule has 5 nitrogen and oxygen atoms in total. The van der Waals surface area contributed by atoms with Gasteiger partial charge in [-0.1, -0.05) is 6.58 Å². The highest BCUT2D eigenvalue weighted by Gasteiger charge is 2.25. The van der Waals surface area contributed by atoms with Gasteiger partial charge in [0.15, 0.2) is 6.10 Å². The van der Waals surface area contributed by atoms with E-state index in [9.17, 15) is 9.59 Å². The topological polar surface area (TPSA) is 68.4 Å². The van der Waals surface area contributed by atoms with Crippen molar-refractivity contribution in [1.82, 2.24) is 4.98 Å². The number of ether oxygens (including phenoxy) is 2. The van der Waals surface area contributed by atoms with Crippen LogP contribution in [0.15, 0.2) is 30.6 Å². The Morgan fingerprint density at radius 3 is 2.71 bits per heavy atom. The van der Waals surface area contributed by atoms with E-state index in [1.807, 2.05) is 0 Å². The fourth-order valence-corrected chi connectivity index (χ4v) is 1.34. The molecule has 0 radical (unpaired) electrons. The fourth-order valence-electron chi connectivity index (χ4n) is 1.34. The van der Waals surface area contributed by atoms with E-state index in [1.165, 1.54) is 6.92 Å². The third-order valence-electron chi connectivity index (χ3n) is 2.06. The normalized spacial score (nSPS) is 11.6. The Balaban J connectivity index is 2.87. The predicted octanol–water partition coefficient (Wildman–Crippen LogP) is 1.74. The number of esters is 2. The zero-order valence-electron chi connectivity index (χ0n) is 9.86. The first kappa shape index (κ1) is 13.0. The van der Waals surface area contributed by atoms with Crippen molar-refractivity contribution in [3.63, 3.8) is 0 Å². The van der Waals surface area contributed by atoms with Crippen LogP contribution >= 0.6 is 0 Å². The molecule has 0 aliphatic heterocycles. The number of nitrogens with one attached hydrogen (secondary N) is 1. The second-order valence-corrected chi connectivity index (χ2v) is 3.38. The molecule has 0 bridgehead atoms. The van der Waals surface area contributed by atoms with Gasteiger partial charge in [0.2, 0.25) is 0 Å². The summed E-state index contributed by atoms with van der Waals surface area (Å²) >= 11 is 0. The molecule has 1 rings (SSSR count). The molecule has 92 valence electrons. The van der Waals surface area contributed by atoms with E-state index < -0.39 is 18.0 Å². The number of hydrogen-bond acceptors (Lipinski definition) is 4. The highest BCUT2D eigenvalue weighted by molar-refractivity contribution is 5.89. The molecule has 0 aliphatic carbocycles. The quantitative estimate of drug-likeness (QED) is 0.625. The van der Waals surface area contributed by atoms with Crippen LogP contribution in [0.2, 0.25) is 0 Å². The maximum Gasteiger partial charge on any atom is 0.337 e. The average molecular weight is 237 g/mol. The van der Waals surface area contributed by atoms with Crippen LogP contribution in [0.25, 0.3) is 0 Å². The fraction of sp³-hybridized carbons (Fsp3) is 0.333. The van der Waals surface area contributed by atoms with E-state index in [0.29, 0.717) is 5.56 Å². The molecule has 1 N–H and O–H groups in total. The number of carbonyl (C=O) groups excluding carboxylic acids is 2. The summed E-state index contributed by atoms with van der Waals surface area (Å²) < 4.78 is 9.89. The van der Waals surface area contributed by atoms with E-state index >= 15 is 0 Å². The summed E-state index contributed by atoms with van der Waals surface area (Å²) in [5.74, 6) is -1.05. The average Bonchev–Trinajstić information content (AvgIpc) is 2.78. The summed E-state index contributed by atoms with van der Waals surface area (Å²) in [6.45, 7) is 6.84.